The summed E-state index contributed by atoms with van der Waals surface area (Å²) in [4.78, 5) is 0.988. The van der Waals surface area contributed by atoms with Gasteiger partial charge in [-0.3, -0.25) is 0 Å². The maximum Gasteiger partial charge on any atom is 0.277 e. The SMILES string of the molecule is Clc1cccc(CSc2nnc(-c3cccs3)o2)c1. The highest BCUT2D eigenvalue weighted by molar-refractivity contribution is 7.98. The molecule has 0 N–H and O–H groups in total. The van der Waals surface area contributed by atoms with E-state index in [1.165, 1.54) is 11.8 Å². The quantitative estimate of drug-likeness (QED) is 0.652. The van der Waals surface area contributed by atoms with Gasteiger partial charge in [-0.2, -0.15) is 0 Å². The molecule has 0 aliphatic heterocycles. The topological polar surface area (TPSA) is 38.9 Å². The van der Waals surface area contributed by atoms with E-state index < -0.39 is 0 Å². The van der Waals surface area contributed by atoms with Gasteiger partial charge in [0.15, 0.2) is 0 Å². The first-order valence-electron chi connectivity index (χ1n) is 5.56. The van der Waals surface area contributed by atoms with Gasteiger partial charge in [0.2, 0.25) is 0 Å². The molecule has 0 radical (unpaired) electrons. The van der Waals surface area contributed by atoms with Crippen LogP contribution in [0.3, 0.4) is 0 Å². The van der Waals surface area contributed by atoms with Crippen molar-refractivity contribution >= 4 is 34.7 Å². The number of hydrogen-bond acceptors (Lipinski definition) is 5. The molecule has 6 heteroatoms. The van der Waals surface area contributed by atoms with E-state index in [1.54, 1.807) is 11.3 Å². The van der Waals surface area contributed by atoms with Crippen LogP contribution in [-0.2, 0) is 5.75 Å². The first-order valence-corrected chi connectivity index (χ1v) is 7.80. The Balaban J connectivity index is 1.68. The third kappa shape index (κ3) is 3.18. The fourth-order valence-electron chi connectivity index (χ4n) is 1.54. The van der Waals surface area contributed by atoms with Crippen LogP contribution in [0, 0.1) is 0 Å². The van der Waals surface area contributed by atoms with E-state index in [2.05, 4.69) is 10.2 Å². The van der Waals surface area contributed by atoms with Crippen molar-refractivity contribution < 1.29 is 4.42 Å². The van der Waals surface area contributed by atoms with Gasteiger partial charge in [-0.25, -0.2) is 0 Å². The summed E-state index contributed by atoms with van der Waals surface area (Å²) in [6, 6.07) is 11.7. The van der Waals surface area contributed by atoms with Gasteiger partial charge in [-0.1, -0.05) is 41.6 Å². The van der Waals surface area contributed by atoms with E-state index in [-0.39, 0.29) is 0 Å². The van der Waals surface area contributed by atoms with Crippen molar-refractivity contribution in [2.24, 2.45) is 0 Å². The minimum Gasteiger partial charge on any atom is -0.410 e. The number of halogens is 1. The average molecular weight is 309 g/mol. The van der Waals surface area contributed by atoms with Gasteiger partial charge in [0.05, 0.1) is 4.88 Å². The molecule has 0 bridgehead atoms. The fourth-order valence-corrected chi connectivity index (χ4v) is 3.10. The summed E-state index contributed by atoms with van der Waals surface area (Å²) in [5.41, 5.74) is 1.13. The molecule has 0 amide bonds. The lowest BCUT2D eigenvalue weighted by Gasteiger charge is -1.98. The molecule has 0 spiro atoms. The van der Waals surface area contributed by atoms with E-state index in [4.69, 9.17) is 16.0 Å². The van der Waals surface area contributed by atoms with E-state index in [0.717, 1.165) is 21.2 Å². The first-order chi connectivity index (χ1) is 9.31. The molecule has 3 aromatic rings. The Morgan fingerprint density at radius 1 is 1.21 bits per heavy atom. The summed E-state index contributed by atoms with van der Waals surface area (Å²) in [7, 11) is 0. The molecule has 0 atom stereocenters. The summed E-state index contributed by atoms with van der Waals surface area (Å²) in [5, 5.41) is 11.4. The van der Waals surface area contributed by atoms with Crippen LogP contribution in [0.15, 0.2) is 51.4 Å². The summed E-state index contributed by atoms with van der Waals surface area (Å²) in [6.45, 7) is 0. The molecule has 3 rings (SSSR count). The molecule has 3 nitrogen and oxygen atoms in total. The Kier molecular flexibility index (Phi) is 3.87. The van der Waals surface area contributed by atoms with Crippen LogP contribution in [0.4, 0.5) is 0 Å². The van der Waals surface area contributed by atoms with Crippen LogP contribution in [0.1, 0.15) is 5.56 Å². The minimum absolute atomic E-state index is 0.573. The predicted octanol–water partition coefficient (Wildman–Crippen LogP) is 4.74. The Bertz CT molecular complexity index is 667. The van der Waals surface area contributed by atoms with Gasteiger partial charge in [-0.15, -0.1) is 21.5 Å². The maximum absolute atomic E-state index is 5.94. The largest absolute Gasteiger partial charge is 0.410 e. The zero-order valence-electron chi connectivity index (χ0n) is 9.75. The summed E-state index contributed by atoms with van der Waals surface area (Å²) in [6.07, 6.45) is 0. The van der Waals surface area contributed by atoms with Crippen molar-refractivity contribution in [1.82, 2.24) is 10.2 Å². The maximum atomic E-state index is 5.94. The lowest BCUT2D eigenvalue weighted by Crippen LogP contribution is -1.80. The zero-order chi connectivity index (χ0) is 13.1. The molecule has 0 unspecified atom stereocenters. The van der Waals surface area contributed by atoms with E-state index in [0.29, 0.717) is 11.1 Å². The van der Waals surface area contributed by atoms with Crippen molar-refractivity contribution in [3.63, 3.8) is 0 Å². The number of thioether (sulfide) groups is 1. The van der Waals surface area contributed by atoms with Crippen molar-refractivity contribution in [3.8, 4) is 10.8 Å². The first kappa shape index (κ1) is 12.7. The molecule has 2 heterocycles. The van der Waals surface area contributed by atoms with Crippen LogP contribution in [-0.4, -0.2) is 10.2 Å². The molecule has 0 fully saturated rings. The van der Waals surface area contributed by atoms with Gasteiger partial charge >= 0.3 is 0 Å². The Hall–Kier alpha value is -1.30. The highest BCUT2D eigenvalue weighted by Gasteiger charge is 2.09. The van der Waals surface area contributed by atoms with Crippen LogP contribution in [0.25, 0.3) is 10.8 Å². The molecule has 2 aromatic heterocycles. The summed E-state index contributed by atoms with van der Waals surface area (Å²) < 4.78 is 5.60. The summed E-state index contributed by atoms with van der Waals surface area (Å²) >= 11 is 9.03. The molecular weight excluding hydrogens is 300 g/mol. The number of rotatable bonds is 4. The second kappa shape index (κ2) is 5.77. The molecule has 0 saturated carbocycles. The van der Waals surface area contributed by atoms with Crippen molar-refractivity contribution in [2.45, 2.75) is 11.0 Å². The van der Waals surface area contributed by atoms with Crippen LogP contribution >= 0.6 is 34.7 Å². The predicted molar refractivity (Wildman–Crippen MR) is 78.6 cm³/mol. The van der Waals surface area contributed by atoms with Gasteiger partial charge in [0.1, 0.15) is 0 Å². The van der Waals surface area contributed by atoms with Gasteiger partial charge in [0, 0.05) is 10.8 Å². The monoisotopic (exact) mass is 308 g/mol. The van der Waals surface area contributed by atoms with Crippen LogP contribution < -0.4 is 0 Å². The number of benzene rings is 1. The number of hydrogen-bond donors (Lipinski definition) is 0. The normalized spacial score (nSPS) is 10.8. The highest BCUT2D eigenvalue weighted by atomic mass is 35.5. The second-order valence-corrected chi connectivity index (χ2v) is 6.08. The molecule has 0 aliphatic carbocycles. The highest BCUT2D eigenvalue weighted by Crippen LogP contribution is 2.28. The standard InChI is InChI=1S/C13H9ClN2OS2/c14-10-4-1-3-9(7-10)8-19-13-16-15-12(17-13)11-5-2-6-18-11/h1-7H,8H2. The summed E-state index contributed by atoms with van der Waals surface area (Å²) in [5.74, 6) is 1.33. The molecule has 96 valence electrons. The zero-order valence-corrected chi connectivity index (χ0v) is 12.1. The van der Waals surface area contributed by atoms with Crippen LogP contribution in [0.5, 0.6) is 0 Å². The molecule has 0 aliphatic rings. The Morgan fingerprint density at radius 3 is 2.95 bits per heavy atom. The van der Waals surface area contributed by atoms with Gasteiger partial charge in [0.25, 0.3) is 11.1 Å². The molecule has 1 aromatic carbocycles. The smallest absolute Gasteiger partial charge is 0.277 e. The van der Waals surface area contributed by atoms with Crippen molar-refractivity contribution in [2.75, 3.05) is 0 Å². The number of nitrogens with zero attached hydrogens (tertiary/aromatic N) is 2. The Labute approximate surface area is 123 Å². The van der Waals surface area contributed by atoms with Gasteiger partial charge in [-0.05, 0) is 29.1 Å². The van der Waals surface area contributed by atoms with Crippen LogP contribution in [0.2, 0.25) is 5.02 Å². The molecule has 19 heavy (non-hydrogen) atoms. The average Bonchev–Trinajstić information content (AvgIpc) is 3.07. The lowest BCUT2D eigenvalue weighted by molar-refractivity contribution is 0.466. The number of aromatic nitrogens is 2. The van der Waals surface area contributed by atoms with E-state index in [1.807, 2.05) is 41.8 Å². The molecule has 0 saturated heterocycles. The lowest BCUT2D eigenvalue weighted by atomic mass is 10.2. The minimum atomic E-state index is 0.573. The van der Waals surface area contributed by atoms with E-state index >= 15 is 0 Å². The van der Waals surface area contributed by atoms with Crippen molar-refractivity contribution in [1.29, 1.82) is 0 Å². The second-order valence-electron chi connectivity index (χ2n) is 3.77. The fraction of sp³-hybridized carbons (Fsp3) is 0.0769. The van der Waals surface area contributed by atoms with Crippen molar-refractivity contribution in [3.05, 3.63) is 52.4 Å². The number of thiophene rings is 1. The third-order valence-electron chi connectivity index (χ3n) is 2.39. The molecular formula is C13H9ClN2OS2. The van der Waals surface area contributed by atoms with Gasteiger partial charge < -0.3 is 4.42 Å². The Morgan fingerprint density at radius 2 is 2.16 bits per heavy atom. The third-order valence-corrected chi connectivity index (χ3v) is 4.37. The van der Waals surface area contributed by atoms with E-state index in [9.17, 15) is 0 Å².